The molecule has 0 aliphatic carbocycles. The lowest BCUT2D eigenvalue weighted by molar-refractivity contribution is -0.120. The number of aliphatic hydroxyl groups is 1. The summed E-state index contributed by atoms with van der Waals surface area (Å²) >= 11 is 0. The second-order valence-corrected chi connectivity index (χ2v) is 5.08. The van der Waals surface area contributed by atoms with Gasteiger partial charge in [0, 0.05) is 24.3 Å². The molecule has 0 aliphatic heterocycles. The zero-order valence-corrected chi connectivity index (χ0v) is 12.1. The van der Waals surface area contributed by atoms with Gasteiger partial charge in [0.05, 0.1) is 0 Å². The number of amides is 1. The first-order valence-corrected chi connectivity index (χ1v) is 7.08. The van der Waals surface area contributed by atoms with Crippen molar-refractivity contribution in [2.75, 3.05) is 11.9 Å². The Morgan fingerprint density at radius 2 is 1.82 bits per heavy atom. The molecule has 1 unspecified atom stereocenters. The number of para-hydroxylation sites is 1. The minimum Gasteiger partial charge on any atom is -0.508 e. The van der Waals surface area contributed by atoms with Crippen LogP contribution in [0, 0.1) is 5.92 Å². The third-order valence-electron chi connectivity index (χ3n) is 3.42. The van der Waals surface area contributed by atoms with Crippen LogP contribution >= 0.6 is 0 Å². The van der Waals surface area contributed by atoms with Crippen molar-refractivity contribution in [2.24, 2.45) is 5.92 Å². The summed E-state index contributed by atoms with van der Waals surface area (Å²) in [5, 5.41) is 31.1. The predicted molar refractivity (Wildman–Crippen MR) is 83.7 cm³/mol. The number of aromatic hydroxyl groups is 2. The molecule has 0 saturated heterocycles. The molecule has 5 nitrogen and oxygen atoms in total. The molecule has 2 aromatic carbocycles. The van der Waals surface area contributed by atoms with E-state index in [1.807, 2.05) is 18.2 Å². The van der Waals surface area contributed by atoms with Crippen molar-refractivity contribution >= 4 is 11.6 Å². The van der Waals surface area contributed by atoms with Crippen LogP contribution in [0.25, 0.3) is 0 Å². The zero-order valence-electron chi connectivity index (χ0n) is 12.1. The highest BCUT2D eigenvalue weighted by atomic mass is 16.3. The number of hydrogen-bond donors (Lipinski definition) is 4. The van der Waals surface area contributed by atoms with E-state index in [9.17, 15) is 15.0 Å². The summed E-state index contributed by atoms with van der Waals surface area (Å²) in [6, 6.07) is 13.3. The molecule has 0 bridgehead atoms. The van der Waals surface area contributed by atoms with E-state index < -0.39 is 5.92 Å². The lowest BCUT2D eigenvalue weighted by Crippen LogP contribution is -2.25. The van der Waals surface area contributed by atoms with E-state index in [2.05, 4.69) is 5.32 Å². The molecule has 4 N–H and O–H groups in total. The molecule has 2 rings (SSSR count). The average Bonchev–Trinajstić information content (AvgIpc) is 2.50. The lowest BCUT2D eigenvalue weighted by Gasteiger charge is -2.16. The molecule has 0 aliphatic rings. The highest BCUT2D eigenvalue weighted by molar-refractivity contribution is 5.92. The Labute approximate surface area is 128 Å². The zero-order chi connectivity index (χ0) is 15.9. The van der Waals surface area contributed by atoms with Crippen molar-refractivity contribution in [3.05, 3.63) is 54.1 Å². The number of phenolic OH excluding ortho intramolecular Hbond substituents is 2. The number of rotatable bonds is 6. The van der Waals surface area contributed by atoms with E-state index in [0.29, 0.717) is 17.7 Å². The predicted octanol–water partition coefficient (Wildman–Crippen LogP) is 2.28. The molecule has 1 amide bonds. The Balaban J connectivity index is 2.10. The van der Waals surface area contributed by atoms with Crippen molar-refractivity contribution in [2.45, 2.75) is 12.8 Å². The van der Waals surface area contributed by atoms with E-state index in [1.165, 1.54) is 12.1 Å². The summed E-state index contributed by atoms with van der Waals surface area (Å²) in [7, 11) is 0. The van der Waals surface area contributed by atoms with Gasteiger partial charge in [0.25, 0.3) is 0 Å². The van der Waals surface area contributed by atoms with Gasteiger partial charge in [-0.2, -0.15) is 0 Å². The smallest absolute Gasteiger partial charge is 0.227 e. The number of carbonyl (C=O) groups excluding carboxylic acids is 1. The van der Waals surface area contributed by atoms with Crippen LogP contribution in [-0.4, -0.2) is 27.8 Å². The molecular formula is C17H19NO4. The highest BCUT2D eigenvalue weighted by Gasteiger charge is 2.20. The molecule has 116 valence electrons. The number of phenols is 2. The van der Waals surface area contributed by atoms with Crippen molar-refractivity contribution in [3.8, 4) is 11.5 Å². The Hall–Kier alpha value is -2.53. The maximum absolute atomic E-state index is 12.3. The van der Waals surface area contributed by atoms with Crippen LogP contribution < -0.4 is 5.32 Å². The average molecular weight is 301 g/mol. The summed E-state index contributed by atoms with van der Waals surface area (Å²) in [5.41, 5.74) is 1.24. The first-order chi connectivity index (χ1) is 10.6. The van der Waals surface area contributed by atoms with Gasteiger partial charge in [0.2, 0.25) is 5.91 Å². The van der Waals surface area contributed by atoms with Gasteiger partial charge in [-0.15, -0.1) is 0 Å². The molecule has 22 heavy (non-hydrogen) atoms. The molecule has 0 fully saturated rings. The van der Waals surface area contributed by atoms with Gasteiger partial charge in [-0.25, -0.2) is 0 Å². The van der Waals surface area contributed by atoms with Gasteiger partial charge < -0.3 is 20.6 Å². The van der Waals surface area contributed by atoms with Crippen LogP contribution in [0.2, 0.25) is 0 Å². The van der Waals surface area contributed by atoms with Crippen LogP contribution in [0.5, 0.6) is 11.5 Å². The van der Waals surface area contributed by atoms with Gasteiger partial charge in [-0.05, 0) is 36.6 Å². The first kappa shape index (κ1) is 15.9. The molecule has 0 spiro atoms. The number of aliphatic hydroxyl groups excluding tert-OH is 1. The van der Waals surface area contributed by atoms with Gasteiger partial charge in [-0.3, -0.25) is 4.79 Å². The summed E-state index contributed by atoms with van der Waals surface area (Å²) < 4.78 is 0. The third-order valence-corrected chi connectivity index (χ3v) is 3.42. The number of anilines is 1. The Morgan fingerprint density at radius 1 is 1.09 bits per heavy atom. The van der Waals surface area contributed by atoms with Crippen LogP contribution in [-0.2, 0) is 11.2 Å². The SMILES string of the molecule is O=C(Nc1ccccc1)C(CCO)Cc1ccc(O)cc1O. The normalized spacial score (nSPS) is 11.9. The van der Waals surface area contributed by atoms with E-state index in [4.69, 9.17) is 5.11 Å². The Kier molecular flexibility index (Phi) is 5.38. The molecule has 1 atom stereocenters. The number of benzene rings is 2. The lowest BCUT2D eigenvalue weighted by atomic mass is 9.94. The van der Waals surface area contributed by atoms with Crippen molar-refractivity contribution in [1.82, 2.24) is 0 Å². The monoisotopic (exact) mass is 301 g/mol. The van der Waals surface area contributed by atoms with Gasteiger partial charge in [0.15, 0.2) is 0 Å². The molecule has 2 aromatic rings. The van der Waals surface area contributed by atoms with Crippen LogP contribution in [0.3, 0.4) is 0 Å². The molecule has 0 saturated carbocycles. The summed E-state index contributed by atoms with van der Waals surface area (Å²) in [6.45, 7) is -0.119. The van der Waals surface area contributed by atoms with Crippen molar-refractivity contribution < 1.29 is 20.1 Å². The Morgan fingerprint density at radius 3 is 2.45 bits per heavy atom. The fraction of sp³-hybridized carbons (Fsp3) is 0.235. The topological polar surface area (TPSA) is 89.8 Å². The van der Waals surface area contributed by atoms with Crippen LogP contribution in [0.4, 0.5) is 5.69 Å². The second kappa shape index (κ2) is 7.47. The Bertz CT molecular complexity index is 628. The third kappa shape index (κ3) is 4.23. The quantitative estimate of drug-likeness (QED) is 0.659. The number of carbonyl (C=O) groups is 1. The fourth-order valence-corrected chi connectivity index (χ4v) is 2.24. The highest BCUT2D eigenvalue weighted by Crippen LogP contribution is 2.26. The molecule has 0 heterocycles. The maximum Gasteiger partial charge on any atom is 0.227 e. The van der Waals surface area contributed by atoms with E-state index in [1.54, 1.807) is 18.2 Å². The molecule has 5 heteroatoms. The largest absolute Gasteiger partial charge is 0.508 e. The number of nitrogens with one attached hydrogen (secondary N) is 1. The standard InChI is InChI=1S/C17H19NO4/c19-9-8-13(10-12-6-7-15(20)11-16(12)21)17(22)18-14-4-2-1-3-5-14/h1-7,11,13,19-21H,8-10H2,(H,18,22). The van der Waals surface area contributed by atoms with Gasteiger partial charge in [-0.1, -0.05) is 24.3 Å². The summed E-state index contributed by atoms with van der Waals surface area (Å²) in [4.78, 5) is 12.3. The van der Waals surface area contributed by atoms with Crippen molar-refractivity contribution in [1.29, 1.82) is 0 Å². The van der Waals surface area contributed by atoms with Crippen LogP contribution in [0.15, 0.2) is 48.5 Å². The van der Waals surface area contributed by atoms with Gasteiger partial charge >= 0.3 is 0 Å². The van der Waals surface area contributed by atoms with Crippen molar-refractivity contribution in [3.63, 3.8) is 0 Å². The van der Waals surface area contributed by atoms with E-state index >= 15 is 0 Å². The minimum absolute atomic E-state index is 0.0336. The van der Waals surface area contributed by atoms with E-state index in [-0.39, 0.29) is 30.4 Å². The van der Waals surface area contributed by atoms with E-state index in [0.717, 1.165) is 0 Å². The van der Waals surface area contributed by atoms with Crippen LogP contribution in [0.1, 0.15) is 12.0 Å². The maximum atomic E-state index is 12.3. The second-order valence-electron chi connectivity index (χ2n) is 5.08. The molecular weight excluding hydrogens is 282 g/mol. The minimum atomic E-state index is -0.472. The fourth-order valence-electron chi connectivity index (χ4n) is 2.24. The summed E-state index contributed by atoms with van der Waals surface area (Å²) in [6.07, 6.45) is 0.574. The summed E-state index contributed by atoms with van der Waals surface area (Å²) in [5.74, 6) is -0.780. The molecule has 0 radical (unpaired) electrons. The molecule has 0 aromatic heterocycles. The first-order valence-electron chi connectivity index (χ1n) is 7.08. The number of hydrogen-bond acceptors (Lipinski definition) is 4. The van der Waals surface area contributed by atoms with Gasteiger partial charge in [0.1, 0.15) is 11.5 Å².